The van der Waals surface area contributed by atoms with Crippen molar-refractivity contribution in [2.45, 2.75) is 30.3 Å². The normalized spacial score (nSPS) is 18.9. The Morgan fingerprint density at radius 1 is 1.19 bits per heavy atom. The predicted molar refractivity (Wildman–Crippen MR) is 95.5 cm³/mol. The van der Waals surface area contributed by atoms with Crippen LogP contribution in [-0.4, -0.2) is 44.0 Å². The largest absolute Gasteiger partial charge is 0.339 e. The summed E-state index contributed by atoms with van der Waals surface area (Å²) in [5.41, 5.74) is 0.893. The Labute approximate surface area is 152 Å². The van der Waals surface area contributed by atoms with Crippen molar-refractivity contribution in [2.75, 3.05) is 6.54 Å². The molecule has 0 saturated carbocycles. The van der Waals surface area contributed by atoms with Crippen LogP contribution in [0.25, 0.3) is 11.4 Å². The number of hydrogen-bond donors (Lipinski definition) is 1. The standard InChI is InChI=1S/C17H20N6O2S/c1-22-11-15(18-12-22)26(24,25)23-10-6-5-9-14(23)17-19-16(20-21-17)13-7-3-2-4-8-13/h2-4,7-8,11-12,14H,5-6,9-10H2,1H3,(H,19,20,21). The summed E-state index contributed by atoms with van der Waals surface area (Å²) in [5, 5.41) is 7.28. The van der Waals surface area contributed by atoms with Gasteiger partial charge in [0.25, 0.3) is 10.0 Å². The quantitative estimate of drug-likeness (QED) is 0.757. The fraction of sp³-hybridized carbons (Fsp3) is 0.353. The van der Waals surface area contributed by atoms with Crippen LogP contribution in [0, 0.1) is 0 Å². The molecule has 0 bridgehead atoms. The third-order valence-corrected chi connectivity index (χ3v) is 6.35. The van der Waals surface area contributed by atoms with Crippen LogP contribution >= 0.6 is 0 Å². The molecule has 3 heterocycles. The molecule has 0 radical (unpaired) electrons. The summed E-state index contributed by atoms with van der Waals surface area (Å²) in [7, 11) is -1.93. The summed E-state index contributed by atoms with van der Waals surface area (Å²) in [6.45, 7) is 0.449. The van der Waals surface area contributed by atoms with E-state index in [0.717, 1.165) is 18.4 Å². The average molecular weight is 372 g/mol. The SMILES string of the molecule is Cn1cnc(S(=O)(=O)N2CCCCC2c2nc(-c3ccccc3)n[nH]2)c1. The number of aromatic amines is 1. The second-order valence-electron chi connectivity index (χ2n) is 6.41. The van der Waals surface area contributed by atoms with E-state index in [1.54, 1.807) is 11.6 Å². The van der Waals surface area contributed by atoms with Crippen molar-refractivity contribution in [3.05, 3.63) is 48.7 Å². The number of nitrogens with zero attached hydrogens (tertiary/aromatic N) is 5. The van der Waals surface area contributed by atoms with Gasteiger partial charge in [0, 0.05) is 25.4 Å². The molecular weight excluding hydrogens is 352 g/mol. The number of benzene rings is 1. The van der Waals surface area contributed by atoms with Crippen molar-refractivity contribution in [3.8, 4) is 11.4 Å². The van der Waals surface area contributed by atoms with E-state index in [1.165, 1.54) is 16.8 Å². The lowest BCUT2D eigenvalue weighted by Gasteiger charge is -2.32. The van der Waals surface area contributed by atoms with E-state index < -0.39 is 10.0 Å². The number of nitrogens with one attached hydrogen (secondary N) is 1. The van der Waals surface area contributed by atoms with E-state index in [4.69, 9.17) is 0 Å². The monoisotopic (exact) mass is 372 g/mol. The lowest BCUT2D eigenvalue weighted by atomic mass is 10.0. The molecule has 9 heteroatoms. The van der Waals surface area contributed by atoms with Gasteiger partial charge in [-0.05, 0) is 12.8 Å². The third kappa shape index (κ3) is 3.04. The van der Waals surface area contributed by atoms with Gasteiger partial charge in [-0.15, -0.1) is 0 Å². The molecular formula is C17H20N6O2S. The minimum atomic E-state index is -3.68. The van der Waals surface area contributed by atoms with Gasteiger partial charge in [0.15, 0.2) is 10.9 Å². The van der Waals surface area contributed by atoms with Gasteiger partial charge >= 0.3 is 0 Å². The minimum absolute atomic E-state index is 0.0645. The topological polar surface area (TPSA) is 96.8 Å². The molecule has 3 aromatic rings. The van der Waals surface area contributed by atoms with Crippen LogP contribution in [0.15, 0.2) is 47.9 Å². The molecule has 8 nitrogen and oxygen atoms in total. The van der Waals surface area contributed by atoms with Crippen LogP contribution in [0.2, 0.25) is 0 Å². The zero-order valence-corrected chi connectivity index (χ0v) is 15.2. The Morgan fingerprint density at radius 2 is 2.00 bits per heavy atom. The van der Waals surface area contributed by atoms with E-state index in [9.17, 15) is 8.42 Å². The summed E-state index contributed by atoms with van der Waals surface area (Å²) in [4.78, 5) is 8.60. The van der Waals surface area contributed by atoms with Crippen molar-refractivity contribution < 1.29 is 8.42 Å². The van der Waals surface area contributed by atoms with E-state index in [2.05, 4.69) is 20.2 Å². The number of rotatable bonds is 4. The van der Waals surface area contributed by atoms with Gasteiger partial charge in [0.05, 0.1) is 12.4 Å². The Balaban J connectivity index is 1.67. The molecule has 4 rings (SSSR count). The Kier molecular flexibility index (Phi) is 4.33. The number of hydrogen-bond acceptors (Lipinski definition) is 5. The fourth-order valence-electron chi connectivity index (χ4n) is 3.25. The Hall–Kier alpha value is -2.52. The molecule has 26 heavy (non-hydrogen) atoms. The van der Waals surface area contributed by atoms with Crippen molar-refractivity contribution in [2.24, 2.45) is 7.05 Å². The Bertz CT molecular complexity index is 995. The first-order chi connectivity index (χ1) is 12.6. The third-order valence-electron chi connectivity index (χ3n) is 4.56. The highest BCUT2D eigenvalue weighted by molar-refractivity contribution is 7.89. The van der Waals surface area contributed by atoms with Crippen LogP contribution < -0.4 is 0 Å². The second-order valence-corrected chi connectivity index (χ2v) is 8.25. The smallest absolute Gasteiger partial charge is 0.262 e. The molecule has 1 aliphatic heterocycles. The summed E-state index contributed by atoms with van der Waals surface area (Å²) < 4.78 is 29.2. The molecule has 1 fully saturated rings. The lowest BCUT2D eigenvalue weighted by Crippen LogP contribution is -2.39. The summed E-state index contributed by atoms with van der Waals surface area (Å²) >= 11 is 0. The molecule has 1 atom stereocenters. The summed E-state index contributed by atoms with van der Waals surface area (Å²) in [6, 6.07) is 9.26. The van der Waals surface area contributed by atoms with Crippen LogP contribution in [0.4, 0.5) is 0 Å². The van der Waals surface area contributed by atoms with Crippen LogP contribution in [0.1, 0.15) is 31.1 Å². The van der Waals surface area contributed by atoms with Crippen molar-refractivity contribution in [1.29, 1.82) is 0 Å². The molecule has 1 aliphatic rings. The van der Waals surface area contributed by atoms with Crippen molar-refractivity contribution in [3.63, 3.8) is 0 Å². The van der Waals surface area contributed by atoms with Gasteiger partial charge in [-0.2, -0.15) is 9.40 Å². The first-order valence-electron chi connectivity index (χ1n) is 8.53. The average Bonchev–Trinajstić information content (AvgIpc) is 3.32. The van der Waals surface area contributed by atoms with Crippen LogP contribution in [-0.2, 0) is 17.1 Å². The molecule has 1 N–H and O–H groups in total. The maximum Gasteiger partial charge on any atom is 0.262 e. The van der Waals surface area contributed by atoms with E-state index in [-0.39, 0.29) is 11.1 Å². The lowest BCUT2D eigenvalue weighted by molar-refractivity contribution is 0.246. The van der Waals surface area contributed by atoms with E-state index in [1.807, 2.05) is 30.3 Å². The maximum atomic E-state index is 13.0. The molecule has 0 amide bonds. The predicted octanol–water partition coefficient (Wildman–Crippen LogP) is 2.12. The number of aromatic nitrogens is 5. The molecule has 1 unspecified atom stereocenters. The number of piperidine rings is 1. The highest BCUT2D eigenvalue weighted by atomic mass is 32.2. The molecule has 136 valence electrons. The molecule has 1 aromatic carbocycles. The first-order valence-corrected chi connectivity index (χ1v) is 9.97. The van der Waals surface area contributed by atoms with Crippen LogP contribution in [0.3, 0.4) is 0 Å². The molecule has 0 spiro atoms. The zero-order chi connectivity index (χ0) is 18.1. The minimum Gasteiger partial charge on any atom is -0.339 e. The molecule has 2 aromatic heterocycles. The van der Waals surface area contributed by atoms with Crippen molar-refractivity contribution >= 4 is 10.0 Å². The maximum absolute atomic E-state index is 13.0. The van der Waals surface area contributed by atoms with Crippen molar-refractivity contribution in [1.82, 2.24) is 29.0 Å². The number of imidazole rings is 1. The summed E-state index contributed by atoms with van der Waals surface area (Å²) in [5.74, 6) is 1.14. The van der Waals surface area contributed by atoms with E-state index in [0.29, 0.717) is 24.6 Å². The number of H-pyrrole nitrogens is 1. The van der Waals surface area contributed by atoms with Gasteiger partial charge < -0.3 is 4.57 Å². The number of aryl methyl sites for hydroxylation is 1. The van der Waals surface area contributed by atoms with Gasteiger partial charge in [0.2, 0.25) is 0 Å². The zero-order valence-electron chi connectivity index (χ0n) is 14.4. The fourth-order valence-corrected chi connectivity index (χ4v) is 4.88. The first kappa shape index (κ1) is 16.9. The molecule has 1 saturated heterocycles. The van der Waals surface area contributed by atoms with Crippen LogP contribution in [0.5, 0.6) is 0 Å². The second kappa shape index (κ2) is 6.65. The molecule has 0 aliphatic carbocycles. The van der Waals surface area contributed by atoms with E-state index >= 15 is 0 Å². The highest BCUT2D eigenvalue weighted by Crippen LogP contribution is 2.34. The van der Waals surface area contributed by atoms with Gasteiger partial charge in [0.1, 0.15) is 5.82 Å². The van der Waals surface area contributed by atoms with Gasteiger partial charge in [-0.1, -0.05) is 36.8 Å². The highest BCUT2D eigenvalue weighted by Gasteiger charge is 2.37. The Morgan fingerprint density at radius 3 is 2.73 bits per heavy atom. The summed E-state index contributed by atoms with van der Waals surface area (Å²) in [6.07, 6.45) is 5.49. The number of sulfonamides is 1. The van der Waals surface area contributed by atoms with Gasteiger partial charge in [-0.25, -0.2) is 18.4 Å². The van der Waals surface area contributed by atoms with Gasteiger partial charge in [-0.3, -0.25) is 5.10 Å².